The van der Waals surface area contributed by atoms with Crippen LogP contribution < -0.4 is 0 Å². The molecule has 0 nitrogen and oxygen atoms in total. The Morgan fingerprint density at radius 1 is 1.33 bits per heavy atom. The number of hydrogen-bond donors (Lipinski definition) is 0. The highest BCUT2D eigenvalue weighted by Crippen LogP contribution is 2.06. The van der Waals surface area contributed by atoms with Crippen molar-refractivity contribution in [1.29, 1.82) is 0 Å². The van der Waals surface area contributed by atoms with E-state index in [0.717, 1.165) is 6.42 Å². The van der Waals surface area contributed by atoms with Crippen molar-refractivity contribution < 1.29 is 0 Å². The summed E-state index contributed by atoms with van der Waals surface area (Å²) in [5.74, 6) is 0. The Labute approximate surface area is 60.0 Å². The highest BCUT2D eigenvalue weighted by Gasteiger charge is 1.86. The van der Waals surface area contributed by atoms with Crippen molar-refractivity contribution in [3.05, 3.63) is 12.2 Å². The highest BCUT2D eigenvalue weighted by atomic mass is 13.9. The van der Waals surface area contributed by atoms with E-state index in [1.165, 1.54) is 24.8 Å². The first-order valence-corrected chi connectivity index (χ1v) is 3.47. The van der Waals surface area contributed by atoms with E-state index >= 15 is 0 Å². The summed E-state index contributed by atoms with van der Waals surface area (Å²) in [5.41, 5.74) is 1.40. The first kappa shape index (κ1) is 11.5. The second-order valence-corrected chi connectivity index (χ2v) is 2.21. The van der Waals surface area contributed by atoms with Crippen LogP contribution >= 0.6 is 0 Å². The van der Waals surface area contributed by atoms with Gasteiger partial charge in [0.25, 0.3) is 0 Å². The fourth-order valence-electron chi connectivity index (χ4n) is 0.604. The standard InChI is InChI=1S/C8H16.CH4/c1-4-6-7-8(3)5-2;/h3-7H2,1-2H3;1H4. The van der Waals surface area contributed by atoms with Gasteiger partial charge in [0.2, 0.25) is 0 Å². The van der Waals surface area contributed by atoms with Gasteiger partial charge in [0.1, 0.15) is 0 Å². The molecule has 0 fully saturated rings. The third-order valence-electron chi connectivity index (χ3n) is 1.38. The lowest BCUT2D eigenvalue weighted by Crippen LogP contribution is -1.76. The minimum atomic E-state index is 0. The van der Waals surface area contributed by atoms with Crippen LogP contribution in [0.2, 0.25) is 0 Å². The van der Waals surface area contributed by atoms with Crippen molar-refractivity contribution in [2.45, 2.75) is 47.0 Å². The van der Waals surface area contributed by atoms with Crippen molar-refractivity contribution in [3.8, 4) is 0 Å². The SMILES string of the molecule is C.C=C(CC)CCCC. The number of allylic oxidation sites excluding steroid dienone is 1. The molecule has 0 aromatic rings. The maximum atomic E-state index is 3.91. The molecule has 0 aliphatic heterocycles. The minimum absolute atomic E-state index is 0. The molecule has 0 amide bonds. The normalized spacial score (nSPS) is 8.22. The second-order valence-electron chi connectivity index (χ2n) is 2.21. The van der Waals surface area contributed by atoms with Gasteiger partial charge in [0.05, 0.1) is 0 Å². The van der Waals surface area contributed by atoms with Gasteiger partial charge >= 0.3 is 0 Å². The average Bonchev–Trinajstić information content (AvgIpc) is 1.83. The van der Waals surface area contributed by atoms with E-state index in [0.29, 0.717) is 0 Å². The molecule has 0 aliphatic carbocycles. The second kappa shape index (κ2) is 7.74. The third-order valence-corrected chi connectivity index (χ3v) is 1.38. The molecule has 0 spiro atoms. The van der Waals surface area contributed by atoms with E-state index in [1.54, 1.807) is 0 Å². The monoisotopic (exact) mass is 128 g/mol. The Morgan fingerprint density at radius 2 is 1.89 bits per heavy atom. The van der Waals surface area contributed by atoms with E-state index in [9.17, 15) is 0 Å². The zero-order chi connectivity index (χ0) is 6.41. The molecule has 0 aromatic heterocycles. The smallest absolute Gasteiger partial charge is 0.0323 e. The van der Waals surface area contributed by atoms with Crippen molar-refractivity contribution in [3.63, 3.8) is 0 Å². The molecule has 0 rings (SSSR count). The molecule has 56 valence electrons. The molecule has 0 heterocycles. The topological polar surface area (TPSA) is 0 Å². The largest absolute Gasteiger partial charge is 0.0999 e. The fraction of sp³-hybridized carbons (Fsp3) is 0.778. The summed E-state index contributed by atoms with van der Waals surface area (Å²) >= 11 is 0. The van der Waals surface area contributed by atoms with Crippen molar-refractivity contribution in [1.82, 2.24) is 0 Å². The van der Waals surface area contributed by atoms with Crippen LogP contribution in [0.15, 0.2) is 12.2 Å². The van der Waals surface area contributed by atoms with Gasteiger partial charge in [-0.1, -0.05) is 39.8 Å². The molecule has 0 saturated carbocycles. The Kier molecular flexibility index (Phi) is 9.91. The average molecular weight is 128 g/mol. The van der Waals surface area contributed by atoms with E-state index in [-0.39, 0.29) is 7.43 Å². The van der Waals surface area contributed by atoms with Gasteiger partial charge in [0.15, 0.2) is 0 Å². The van der Waals surface area contributed by atoms with Crippen LogP contribution in [0.3, 0.4) is 0 Å². The van der Waals surface area contributed by atoms with Crippen LogP contribution in [-0.4, -0.2) is 0 Å². The van der Waals surface area contributed by atoms with E-state index in [1.807, 2.05) is 0 Å². The number of unbranched alkanes of at least 4 members (excludes halogenated alkanes) is 1. The lowest BCUT2D eigenvalue weighted by Gasteiger charge is -1.97. The Morgan fingerprint density at radius 3 is 2.22 bits per heavy atom. The van der Waals surface area contributed by atoms with Gasteiger partial charge in [-0.3, -0.25) is 0 Å². The maximum Gasteiger partial charge on any atom is -0.0323 e. The van der Waals surface area contributed by atoms with E-state index in [2.05, 4.69) is 20.4 Å². The van der Waals surface area contributed by atoms with Crippen molar-refractivity contribution >= 4 is 0 Å². The maximum absolute atomic E-state index is 3.91. The van der Waals surface area contributed by atoms with E-state index in [4.69, 9.17) is 0 Å². The Hall–Kier alpha value is -0.260. The summed E-state index contributed by atoms with van der Waals surface area (Å²) in [4.78, 5) is 0. The van der Waals surface area contributed by atoms with Gasteiger partial charge < -0.3 is 0 Å². The zero-order valence-corrected chi connectivity index (χ0v) is 6.04. The number of rotatable bonds is 4. The molecular weight excluding hydrogens is 108 g/mol. The molecule has 9 heavy (non-hydrogen) atoms. The minimum Gasteiger partial charge on any atom is -0.0999 e. The first-order chi connectivity index (χ1) is 3.81. The molecule has 0 saturated heterocycles. The van der Waals surface area contributed by atoms with Gasteiger partial charge in [-0.2, -0.15) is 0 Å². The summed E-state index contributed by atoms with van der Waals surface area (Å²) in [6, 6.07) is 0. The van der Waals surface area contributed by atoms with Crippen LogP contribution in [0.25, 0.3) is 0 Å². The van der Waals surface area contributed by atoms with Crippen LogP contribution in [0.4, 0.5) is 0 Å². The Bertz CT molecular complexity index is 62.4. The molecule has 0 radical (unpaired) electrons. The van der Waals surface area contributed by atoms with Crippen molar-refractivity contribution in [2.24, 2.45) is 0 Å². The summed E-state index contributed by atoms with van der Waals surface area (Å²) in [6.45, 7) is 8.29. The molecule has 0 heteroatoms. The summed E-state index contributed by atoms with van der Waals surface area (Å²) in [5, 5.41) is 0. The molecule has 0 aliphatic rings. The lowest BCUT2D eigenvalue weighted by molar-refractivity contribution is 0.769. The Balaban J connectivity index is 0. The number of hydrogen-bond acceptors (Lipinski definition) is 0. The predicted molar refractivity (Wildman–Crippen MR) is 45.7 cm³/mol. The molecule has 0 N–H and O–H groups in total. The first-order valence-electron chi connectivity index (χ1n) is 3.47. The lowest BCUT2D eigenvalue weighted by atomic mass is 10.1. The summed E-state index contributed by atoms with van der Waals surface area (Å²) in [6.07, 6.45) is 4.98. The van der Waals surface area contributed by atoms with Gasteiger partial charge in [-0.05, 0) is 19.3 Å². The van der Waals surface area contributed by atoms with E-state index < -0.39 is 0 Å². The molecule has 0 unspecified atom stereocenters. The summed E-state index contributed by atoms with van der Waals surface area (Å²) < 4.78 is 0. The van der Waals surface area contributed by atoms with Crippen LogP contribution in [0.5, 0.6) is 0 Å². The summed E-state index contributed by atoms with van der Waals surface area (Å²) in [7, 11) is 0. The van der Waals surface area contributed by atoms with Crippen LogP contribution in [-0.2, 0) is 0 Å². The molecule has 0 bridgehead atoms. The highest BCUT2D eigenvalue weighted by molar-refractivity contribution is 4.91. The van der Waals surface area contributed by atoms with Crippen LogP contribution in [0, 0.1) is 0 Å². The fourth-order valence-corrected chi connectivity index (χ4v) is 0.604. The third kappa shape index (κ3) is 7.74. The molecule has 0 atom stereocenters. The van der Waals surface area contributed by atoms with Gasteiger partial charge in [0, 0.05) is 0 Å². The van der Waals surface area contributed by atoms with Crippen LogP contribution in [0.1, 0.15) is 47.0 Å². The predicted octanol–water partition coefficient (Wildman–Crippen LogP) is 3.78. The zero-order valence-electron chi connectivity index (χ0n) is 6.04. The van der Waals surface area contributed by atoms with Crippen molar-refractivity contribution in [2.75, 3.05) is 0 Å². The molecule has 0 aromatic carbocycles. The molecular formula is C9H20. The quantitative estimate of drug-likeness (QED) is 0.505. The van der Waals surface area contributed by atoms with Gasteiger partial charge in [-0.25, -0.2) is 0 Å². The van der Waals surface area contributed by atoms with Gasteiger partial charge in [-0.15, -0.1) is 0 Å².